The summed E-state index contributed by atoms with van der Waals surface area (Å²) in [5.41, 5.74) is 0.0100. The van der Waals surface area contributed by atoms with Gasteiger partial charge in [-0.2, -0.15) is 0 Å². The summed E-state index contributed by atoms with van der Waals surface area (Å²) in [6.07, 6.45) is 2.70. The first-order chi connectivity index (χ1) is 6.14. The largest absolute Gasteiger partial charge is 0.365 e. The lowest BCUT2D eigenvalue weighted by atomic mass is 10.0. The molecule has 0 aliphatic heterocycles. The predicted molar refractivity (Wildman–Crippen MR) is 57.3 cm³/mol. The van der Waals surface area contributed by atoms with Crippen molar-refractivity contribution in [1.82, 2.24) is 4.98 Å². The molecular weight excluding hydrogens is 184 g/mol. The maximum atomic E-state index is 5.69. The van der Waals surface area contributed by atoms with Gasteiger partial charge < -0.3 is 5.32 Å². The zero-order valence-electron chi connectivity index (χ0n) is 8.05. The minimum absolute atomic E-state index is 0.0100. The van der Waals surface area contributed by atoms with Crippen LogP contribution in [0.4, 0.5) is 5.82 Å². The summed E-state index contributed by atoms with van der Waals surface area (Å²) in [6, 6.07) is 5.82. The van der Waals surface area contributed by atoms with Gasteiger partial charge in [0.25, 0.3) is 0 Å². The number of hydrogen-bond donors (Lipinski definition) is 1. The van der Waals surface area contributed by atoms with Crippen LogP contribution in [0.2, 0.25) is 0 Å². The molecule has 0 radical (unpaired) electrons. The van der Waals surface area contributed by atoms with Crippen LogP contribution in [0, 0.1) is 0 Å². The van der Waals surface area contributed by atoms with Gasteiger partial charge in [-0.15, -0.1) is 11.6 Å². The maximum absolute atomic E-state index is 5.69. The third-order valence-electron chi connectivity index (χ3n) is 1.85. The highest BCUT2D eigenvalue weighted by molar-refractivity contribution is 6.17. The van der Waals surface area contributed by atoms with Crippen molar-refractivity contribution in [1.29, 1.82) is 0 Å². The lowest BCUT2D eigenvalue weighted by molar-refractivity contribution is 0.548. The third-order valence-corrected chi connectivity index (χ3v) is 2.04. The zero-order chi connectivity index (χ0) is 9.73. The quantitative estimate of drug-likeness (QED) is 0.753. The van der Waals surface area contributed by atoms with Crippen LogP contribution in [-0.4, -0.2) is 16.4 Å². The Morgan fingerprint density at radius 3 is 2.77 bits per heavy atom. The summed E-state index contributed by atoms with van der Waals surface area (Å²) in [7, 11) is 0. The second-order valence-corrected chi connectivity index (χ2v) is 4.04. The average molecular weight is 199 g/mol. The molecule has 0 spiro atoms. The third kappa shape index (κ3) is 3.64. The van der Waals surface area contributed by atoms with Crippen LogP contribution in [0.1, 0.15) is 20.3 Å². The van der Waals surface area contributed by atoms with Crippen molar-refractivity contribution >= 4 is 17.4 Å². The molecule has 1 aromatic heterocycles. The summed E-state index contributed by atoms with van der Waals surface area (Å²) < 4.78 is 0. The highest BCUT2D eigenvalue weighted by Crippen LogP contribution is 2.16. The Morgan fingerprint density at radius 2 is 2.23 bits per heavy atom. The molecule has 13 heavy (non-hydrogen) atoms. The van der Waals surface area contributed by atoms with Crippen molar-refractivity contribution in [3.63, 3.8) is 0 Å². The number of aromatic nitrogens is 1. The van der Waals surface area contributed by atoms with Gasteiger partial charge in [-0.25, -0.2) is 4.98 Å². The Bertz CT molecular complexity index is 246. The van der Waals surface area contributed by atoms with E-state index < -0.39 is 0 Å². The van der Waals surface area contributed by atoms with E-state index in [0.717, 1.165) is 12.2 Å². The van der Waals surface area contributed by atoms with Crippen LogP contribution in [0.3, 0.4) is 0 Å². The summed E-state index contributed by atoms with van der Waals surface area (Å²) in [6.45, 7) is 4.23. The summed E-state index contributed by atoms with van der Waals surface area (Å²) >= 11 is 5.69. The summed E-state index contributed by atoms with van der Waals surface area (Å²) in [4.78, 5) is 4.19. The molecule has 0 amide bonds. The number of pyridine rings is 1. The van der Waals surface area contributed by atoms with Crippen molar-refractivity contribution < 1.29 is 0 Å². The second-order valence-electron chi connectivity index (χ2n) is 3.66. The Kier molecular flexibility index (Phi) is 3.55. The molecule has 0 atom stereocenters. The molecule has 1 N–H and O–H groups in total. The molecular formula is C10H15ClN2. The number of anilines is 1. The molecule has 0 bridgehead atoms. The smallest absolute Gasteiger partial charge is 0.126 e. The first-order valence-electron chi connectivity index (χ1n) is 4.39. The van der Waals surface area contributed by atoms with Gasteiger partial charge in [0.05, 0.1) is 0 Å². The van der Waals surface area contributed by atoms with Gasteiger partial charge in [0.2, 0.25) is 0 Å². The summed E-state index contributed by atoms with van der Waals surface area (Å²) in [5.74, 6) is 1.56. The van der Waals surface area contributed by atoms with Gasteiger partial charge in [0.1, 0.15) is 5.82 Å². The summed E-state index contributed by atoms with van der Waals surface area (Å²) in [5, 5.41) is 3.32. The first kappa shape index (κ1) is 10.3. The Labute approximate surface area is 84.3 Å². The number of halogens is 1. The van der Waals surface area contributed by atoms with E-state index in [1.54, 1.807) is 6.20 Å². The lowest BCUT2D eigenvalue weighted by Gasteiger charge is -2.25. The van der Waals surface area contributed by atoms with Crippen LogP contribution in [0.5, 0.6) is 0 Å². The lowest BCUT2D eigenvalue weighted by Crippen LogP contribution is -2.31. The fourth-order valence-corrected chi connectivity index (χ4v) is 1.55. The van der Waals surface area contributed by atoms with E-state index in [0.29, 0.717) is 5.88 Å². The van der Waals surface area contributed by atoms with Gasteiger partial charge in [-0.05, 0) is 32.4 Å². The Morgan fingerprint density at radius 1 is 1.46 bits per heavy atom. The van der Waals surface area contributed by atoms with E-state index in [-0.39, 0.29) is 5.54 Å². The predicted octanol–water partition coefficient (Wildman–Crippen LogP) is 2.90. The molecule has 0 saturated heterocycles. The minimum atomic E-state index is 0.0100. The number of hydrogen-bond acceptors (Lipinski definition) is 2. The fraction of sp³-hybridized carbons (Fsp3) is 0.500. The fourth-order valence-electron chi connectivity index (χ4n) is 1.08. The van der Waals surface area contributed by atoms with Crippen LogP contribution in [0.15, 0.2) is 24.4 Å². The monoisotopic (exact) mass is 198 g/mol. The van der Waals surface area contributed by atoms with Crippen LogP contribution in [0.25, 0.3) is 0 Å². The van der Waals surface area contributed by atoms with E-state index in [9.17, 15) is 0 Å². The number of nitrogens with one attached hydrogen (secondary N) is 1. The SMILES string of the molecule is CC(C)(CCCl)Nc1ccccn1. The second kappa shape index (κ2) is 4.47. The van der Waals surface area contributed by atoms with E-state index in [4.69, 9.17) is 11.6 Å². The van der Waals surface area contributed by atoms with Crippen molar-refractivity contribution in [3.05, 3.63) is 24.4 Å². The van der Waals surface area contributed by atoms with Gasteiger partial charge in [0.15, 0.2) is 0 Å². The number of nitrogens with zero attached hydrogens (tertiary/aromatic N) is 1. The average Bonchev–Trinajstić information content (AvgIpc) is 2.04. The van der Waals surface area contributed by atoms with Crippen LogP contribution >= 0.6 is 11.6 Å². The Balaban J connectivity index is 2.58. The van der Waals surface area contributed by atoms with E-state index in [2.05, 4.69) is 24.1 Å². The number of rotatable bonds is 4. The van der Waals surface area contributed by atoms with E-state index >= 15 is 0 Å². The zero-order valence-corrected chi connectivity index (χ0v) is 8.80. The van der Waals surface area contributed by atoms with Crippen molar-refractivity contribution in [2.45, 2.75) is 25.8 Å². The van der Waals surface area contributed by atoms with Crippen LogP contribution in [-0.2, 0) is 0 Å². The normalized spacial score (nSPS) is 11.3. The molecule has 0 saturated carbocycles. The maximum Gasteiger partial charge on any atom is 0.126 e. The molecule has 0 aliphatic carbocycles. The van der Waals surface area contributed by atoms with E-state index in [1.165, 1.54) is 0 Å². The molecule has 1 aromatic rings. The van der Waals surface area contributed by atoms with Gasteiger partial charge in [0, 0.05) is 17.6 Å². The van der Waals surface area contributed by atoms with Crippen LogP contribution < -0.4 is 5.32 Å². The van der Waals surface area contributed by atoms with Crippen molar-refractivity contribution in [2.75, 3.05) is 11.2 Å². The number of alkyl halides is 1. The van der Waals surface area contributed by atoms with Crippen molar-refractivity contribution in [3.8, 4) is 0 Å². The van der Waals surface area contributed by atoms with E-state index in [1.807, 2.05) is 18.2 Å². The molecule has 0 aliphatic rings. The molecule has 2 nitrogen and oxygen atoms in total. The molecule has 0 unspecified atom stereocenters. The molecule has 1 rings (SSSR count). The standard InChI is InChI=1S/C10H15ClN2/c1-10(2,6-7-11)13-9-5-3-4-8-12-9/h3-5,8H,6-7H2,1-2H3,(H,12,13). The van der Waals surface area contributed by atoms with Gasteiger partial charge in [-0.1, -0.05) is 6.07 Å². The van der Waals surface area contributed by atoms with Gasteiger partial charge in [-0.3, -0.25) is 0 Å². The topological polar surface area (TPSA) is 24.9 Å². The van der Waals surface area contributed by atoms with Gasteiger partial charge >= 0.3 is 0 Å². The highest BCUT2D eigenvalue weighted by atomic mass is 35.5. The minimum Gasteiger partial charge on any atom is -0.365 e. The molecule has 72 valence electrons. The molecule has 0 aromatic carbocycles. The van der Waals surface area contributed by atoms with Crippen molar-refractivity contribution in [2.24, 2.45) is 0 Å². The molecule has 1 heterocycles. The first-order valence-corrected chi connectivity index (χ1v) is 4.93. The highest BCUT2D eigenvalue weighted by Gasteiger charge is 2.16. The molecule has 3 heteroatoms. The Hall–Kier alpha value is -0.760. The molecule has 0 fully saturated rings.